The Bertz CT molecular complexity index is 563. The Balaban J connectivity index is 2.07. The third-order valence-electron chi connectivity index (χ3n) is 4.37. The largest absolute Gasteiger partial charge is 0.314 e. The Labute approximate surface area is 128 Å². The molecule has 21 heavy (non-hydrogen) atoms. The second-order valence-corrected chi connectivity index (χ2v) is 7.90. The lowest BCUT2D eigenvalue weighted by atomic mass is 9.91. The van der Waals surface area contributed by atoms with E-state index in [2.05, 4.69) is 12.2 Å². The lowest BCUT2D eigenvalue weighted by Crippen LogP contribution is -2.43. The monoisotopic (exact) mass is 310 g/mol. The van der Waals surface area contributed by atoms with Gasteiger partial charge in [-0.2, -0.15) is 4.31 Å². The van der Waals surface area contributed by atoms with Gasteiger partial charge in [0.25, 0.3) is 0 Å². The van der Waals surface area contributed by atoms with E-state index in [0.717, 1.165) is 37.8 Å². The average molecular weight is 310 g/mol. The molecule has 0 atom stereocenters. The predicted molar refractivity (Wildman–Crippen MR) is 85.8 cm³/mol. The molecule has 0 amide bonds. The van der Waals surface area contributed by atoms with E-state index >= 15 is 0 Å². The minimum atomic E-state index is -3.38. The summed E-state index contributed by atoms with van der Waals surface area (Å²) in [5.74, 6) is 0. The SMILES string of the molecule is CCNC1CCC(N(C)S(=O)(=O)c2cccc(C)c2)CC1. The molecule has 4 nitrogen and oxygen atoms in total. The second kappa shape index (κ2) is 6.90. The number of nitrogens with one attached hydrogen (secondary N) is 1. The van der Waals surface area contributed by atoms with Gasteiger partial charge >= 0.3 is 0 Å². The van der Waals surface area contributed by atoms with E-state index in [1.165, 1.54) is 0 Å². The highest BCUT2D eigenvalue weighted by molar-refractivity contribution is 7.89. The quantitative estimate of drug-likeness (QED) is 0.909. The molecule has 5 heteroatoms. The zero-order valence-electron chi connectivity index (χ0n) is 13.2. The minimum absolute atomic E-state index is 0.116. The van der Waals surface area contributed by atoms with Crippen LogP contribution in [-0.2, 0) is 10.0 Å². The second-order valence-electron chi connectivity index (χ2n) is 5.90. The van der Waals surface area contributed by atoms with Gasteiger partial charge in [-0.1, -0.05) is 19.1 Å². The van der Waals surface area contributed by atoms with E-state index in [1.54, 1.807) is 29.6 Å². The number of hydrogen-bond donors (Lipinski definition) is 1. The molecule has 118 valence electrons. The van der Waals surface area contributed by atoms with Crippen LogP contribution in [0, 0.1) is 6.92 Å². The Morgan fingerprint density at radius 2 is 1.90 bits per heavy atom. The molecule has 1 N–H and O–H groups in total. The summed E-state index contributed by atoms with van der Waals surface area (Å²) in [4.78, 5) is 0.402. The molecule has 1 aliphatic rings. The molecule has 0 spiro atoms. The highest BCUT2D eigenvalue weighted by atomic mass is 32.2. The molecule has 0 aromatic heterocycles. The van der Waals surface area contributed by atoms with Crippen LogP contribution in [0.5, 0.6) is 0 Å². The third-order valence-corrected chi connectivity index (χ3v) is 6.28. The molecular formula is C16H26N2O2S. The molecule has 1 saturated carbocycles. The normalized spacial score (nSPS) is 23.4. The smallest absolute Gasteiger partial charge is 0.243 e. The predicted octanol–water partition coefficient (Wildman–Crippen LogP) is 2.54. The number of sulfonamides is 1. The van der Waals surface area contributed by atoms with Crippen LogP contribution in [-0.4, -0.2) is 38.4 Å². The molecule has 1 aromatic rings. The van der Waals surface area contributed by atoms with Crippen LogP contribution in [0.2, 0.25) is 0 Å². The standard InChI is InChI=1S/C16H26N2O2S/c1-4-17-14-8-10-15(11-9-14)18(3)21(19,20)16-7-5-6-13(2)12-16/h5-7,12,14-15,17H,4,8-11H2,1-3H3. The highest BCUT2D eigenvalue weighted by Crippen LogP contribution is 2.27. The summed E-state index contributed by atoms with van der Waals surface area (Å²) in [7, 11) is -1.66. The third kappa shape index (κ3) is 3.84. The fourth-order valence-electron chi connectivity index (χ4n) is 3.07. The number of benzene rings is 1. The van der Waals surface area contributed by atoms with Crippen molar-refractivity contribution in [2.24, 2.45) is 0 Å². The summed E-state index contributed by atoms with van der Waals surface area (Å²) in [6.45, 7) is 5.01. The summed E-state index contributed by atoms with van der Waals surface area (Å²) in [5, 5.41) is 3.45. The van der Waals surface area contributed by atoms with E-state index < -0.39 is 10.0 Å². The molecule has 0 radical (unpaired) electrons. The van der Waals surface area contributed by atoms with Crippen molar-refractivity contribution >= 4 is 10.0 Å². The minimum Gasteiger partial charge on any atom is -0.314 e. The van der Waals surface area contributed by atoms with Gasteiger partial charge in [-0.3, -0.25) is 0 Å². The first-order valence-electron chi connectivity index (χ1n) is 7.73. The summed E-state index contributed by atoms with van der Waals surface area (Å²) in [6, 6.07) is 7.81. The Morgan fingerprint density at radius 3 is 2.48 bits per heavy atom. The molecule has 0 bridgehead atoms. The number of nitrogens with zero attached hydrogens (tertiary/aromatic N) is 1. The topological polar surface area (TPSA) is 49.4 Å². The first-order chi connectivity index (χ1) is 9.95. The van der Waals surface area contributed by atoms with E-state index in [0.29, 0.717) is 10.9 Å². The zero-order chi connectivity index (χ0) is 15.5. The van der Waals surface area contributed by atoms with Crippen molar-refractivity contribution in [3.63, 3.8) is 0 Å². The lowest BCUT2D eigenvalue weighted by Gasteiger charge is -2.34. The molecule has 0 aliphatic heterocycles. The van der Waals surface area contributed by atoms with Gasteiger partial charge in [-0.25, -0.2) is 8.42 Å². The maximum absolute atomic E-state index is 12.7. The number of rotatable bonds is 5. The van der Waals surface area contributed by atoms with Crippen molar-refractivity contribution in [3.05, 3.63) is 29.8 Å². The highest BCUT2D eigenvalue weighted by Gasteiger charge is 2.31. The van der Waals surface area contributed by atoms with Crippen molar-refractivity contribution < 1.29 is 8.42 Å². The Hall–Kier alpha value is -0.910. The first-order valence-corrected chi connectivity index (χ1v) is 9.17. The van der Waals surface area contributed by atoms with Gasteiger partial charge in [-0.05, 0) is 56.8 Å². The van der Waals surface area contributed by atoms with Crippen LogP contribution in [0.3, 0.4) is 0 Å². The van der Waals surface area contributed by atoms with Crippen LogP contribution in [0.25, 0.3) is 0 Å². The summed E-state index contributed by atoms with van der Waals surface area (Å²) < 4.78 is 27.0. The van der Waals surface area contributed by atoms with Crippen LogP contribution in [0.15, 0.2) is 29.2 Å². The molecule has 0 unspecified atom stereocenters. The summed E-state index contributed by atoms with van der Waals surface area (Å²) in [6.07, 6.45) is 3.96. The van der Waals surface area contributed by atoms with E-state index in [-0.39, 0.29) is 6.04 Å². The van der Waals surface area contributed by atoms with Crippen LogP contribution < -0.4 is 5.32 Å². The van der Waals surface area contributed by atoms with Gasteiger partial charge in [0.05, 0.1) is 4.90 Å². The molecule has 2 rings (SSSR count). The summed E-state index contributed by atoms with van der Waals surface area (Å²) in [5.41, 5.74) is 0.973. The zero-order valence-corrected chi connectivity index (χ0v) is 14.0. The van der Waals surface area contributed by atoms with Crippen molar-refractivity contribution in [1.82, 2.24) is 9.62 Å². The Kier molecular flexibility index (Phi) is 5.41. The Morgan fingerprint density at radius 1 is 1.24 bits per heavy atom. The van der Waals surface area contributed by atoms with E-state index in [4.69, 9.17) is 0 Å². The van der Waals surface area contributed by atoms with Gasteiger partial charge in [-0.15, -0.1) is 0 Å². The van der Waals surface area contributed by atoms with E-state index in [1.807, 2.05) is 13.0 Å². The van der Waals surface area contributed by atoms with Gasteiger partial charge in [0.1, 0.15) is 0 Å². The van der Waals surface area contributed by atoms with Crippen molar-refractivity contribution in [2.75, 3.05) is 13.6 Å². The molecule has 0 saturated heterocycles. The van der Waals surface area contributed by atoms with Crippen molar-refractivity contribution in [1.29, 1.82) is 0 Å². The first kappa shape index (κ1) is 16.5. The molecule has 1 aliphatic carbocycles. The molecule has 1 aromatic carbocycles. The van der Waals surface area contributed by atoms with Crippen molar-refractivity contribution in [2.45, 2.75) is 56.5 Å². The fraction of sp³-hybridized carbons (Fsp3) is 0.625. The molecule has 1 fully saturated rings. The number of hydrogen-bond acceptors (Lipinski definition) is 3. The van der Waals surface area contributed by atoms with Gasteiger partial charge in [0.2, 0.25) is 10.0 Å². The van der Waals surface area contributed by atoms with Gasteiger partial charge in [0, 0.05) is 19.1 Å². The summed E-state index contributed by atoms with van der Waals surface area (Å²) >= 11 is 0. The van der Waals surface area contributed by atoms with Crippen LogP contribution in [0.4, 0.5) is 0 Å². The van der Waals surface area contributed by atoms with Crippen LogP contribution in [0.1, 0.15) is 38.2 Å². The molecular weight excluding hydrogens is 284 g/mol. The maximum atomic E-state index is 12.7. The maximum Gasteiger partial charge on any atom is 0.243 e. The van der Waals surface area contributed by atoms with Gasteiger partial charge < -0.3 is 5.32 Å². The van der Waals surface area contributed by atoms with E-state index in [9.17, 15) is 8.42 Å². The number of aryl methyl sites for hydroxylation is 1. The average Bonchev–Trinajstić information content (AvgIpc) is 2.47. The fourth-order valence-corrected chi connectivity index (χ4v) is 4.59. The van der Waals surface area contributed by atoms with Crippen LogP contribution >= 0.6 is 0 Å². The van der Waals surface area contributed by atoms with Crippen molar-refractivity contribution in [3.8, 4) is 0 Å². The molecule has 0 heterocycles. The lowest BCUT2D eigenvalue weighted by molar-refractivity contribution is 0.251. The van der Waals surface area contributed by atoms with Gasteiger partial charge in [0.15, 0.2) is 0 Å².